The fourth-order valence-corrected chi connectivity index (χ4v) is 2.23. The van der Waals surface area contributed by atoms with E-state index in [1.165, 1.54) is 0 Å². The Morgan fingerprint density at radius 2 is 1.79 bits per heavy atom. The number of amides is 1. The van der Waals surface area contributed by atoms with Crippen LogP contribution in [-0.4, -0.2) is 42.4 Å². The molecular weight excluding hydrogens is 329 g/mol. The van der Waals surface area contributed by atoms with Gasteiger partial charge in [0.25, 0.3) is 0 Å². The number of carbonyl (C=O) groups is 2. The van der Waals surface area contributed by atoms with Crippen molar-refractivity contribution in [2.45, 2.75) is 31.7 Å². The Morgan fingerprint density at radius 3 is 2.38 bits per heavy atom. The second-order valence-corrected chi connectivity index (χ2v) is 5.22. The average molecular weight is 346 g/mol. The van der Waals surface area contributed by atoms with Crippen molar-refractivity contribution < 1.29 is 32.3 Å². The first kappa shape index (κ1) is 18.1. The monoisotopic (exact) mass is 346 g/mol. The summed E-state index contributed by atoms with van der Waals surface area (Å²) in [6, 6.07) is 7.97. The summed E-state index contributed by atoms with van der Waals surface area (Å²) in [5.41, 5.74) is 0.665. The fraction of sp³-hybridized carbons (Fsp3) is 0.467. The summed E-state index contributed by atoms with van der Waals surface area (Å²) in [4.78, 5) is 27.5. The molecule has 0 spiro atoms. The number of piperidine rings is 1. The predicted molar refractivity (Wildman–Crippen MR) is 76.5 cm³/mol. The van der Waals surface area contributed by atoms with Crippen molar-refractivity contribution in [1.29, 1.82) is 0 Å². The van der Waals surface area contributed by atoms with E-state index in [9.17, 15) is 22.8 Å². The molecule has 1 heterocycles. The number of nitrogens with zero attached hydrogens (tertiary/aromatic N) is 1. The number of hydrogen-bond acceptors (Lipinski definition) is 5. The molecule has 1 aromatic carbocycles. The molecule has 0 bridgehead atoms. The van der Waals surface area contributed by atoms with Crippen LogP contribution in [-0.2, 0) is 21.0 Å². The lowest BCUT2D eigenvalue weighted by Gasteiger charge is -2.31. The summed E-state index contributed by atoms with van der Waals surface area (Å²) in [5.74, 6) is -2.45. The van der Waals surface area contributed by atoms with Crippen LogP contribution >= 0.6 is 0 Å². The highest BCUT2D eigenvalue weighted by Crippen LogP contribution is 2.21. The molecule has 0 radical (unpaired) electrons. The Bertz CT molecular complexity index is 560. The quantitative estimate of drug-likeness (QED) is 0.852. The summed E-state index contributed by atoms with van der Waals surface area (Å²) >= 11 is 0. The van der Waals surface area contributed by atoms with Crippen molar-refractivity contribution in [3.63, 3.8) is 0 Å². The van der Waals surface area contributed by atoms with Crippen molar-refractivity contribution in [2.75, 3.05) is 13.1 Å². The third kappa shape index (κ3) is 5.12. The maximum absolute atomic E-state index is 12.4. The maximum Gasteiger partial charge on any atom is 0.493 e. The highest BCUT2D eigenvalue weighted by Gasteiger charge is 2.45. The Labute approximate surface area is 136 Å². The van der Waals surface area contributed by atoms with Gasteiger partial charge in [0, 0.05) is 0 Å². The molecule has 1 aliphatic rings. The van der Waals surface area contributed by atoms with Crippen LogP contribution < -0.4 is 5.32 Å². The van der Waals surface area contributed by atoms with Crippen molar-refractivity contribution in [1.82, 2.24) is 10.4 Å². The zero-order valence-corrected chi connectivity index (χ0v) is 12.7. The number of carbonyl (C=O) groups excluding carboxylic acids is 2. The topological polar surface area (TPSA) is 67.9 Å². The molecule has 6 nitrogen and oxygen atoms in total. The van der Waals surface area contributed by atoms with Crippen LogP contribution in [0, 0.1) is 0 Å². The van der Waals surface area contributed by atoms with Crippen LogP contribution in [0.15, 0.2) is 30.3 Å². The summed E-state index contributed by atoms with van der Waals surface area (Å²) in [6.45, 7) is 0.859. The Kier molecular flexibility index (Phi) is 6.02. The van der Waals surface area contributed by atoms with Crippen LogP contribution in [0.4, 0.5) is 18.0 Å². The number of hydrogen-bond donors (Lipinski definition) is 1. The van der Waals surface area contributed by atoms with Gasteiger partial charge < -0.3 is 14.9 Å². The lowest BCUT2D eigenvalue weighted by Crippen LogP contribution is -2.48. The molecule has 2 rings (SSSR count). The largest absolute Gasteiger partial charge is 0.493 e. The Morgan fingerprint density at radius 1 is 1.17 bits per heavy atom. The van der Waals surface area contributed by atoms with Gasteiger partial charge in [0.1, 0.15) is 6.61 Å². The van der Waals surface area contributed by atoms with Crippen molar-refractivity contribution in [2.24, 2.45) is 0 Å². The zero-order valence-electron chi connectivity index (χ0n) is 12.7. The van der Waals surface area contributed by atoms with Crippen LogP contribution in [0.3, 0.4) is 0 Å². The van der Waals surface area contributed by atoms with Gasteiger partial charge in [-0.25, -0.2) is 9.59 Å². The van der Waals surface area contributed by atoms with Gasteiger partial charge in [0.05, 0.1) is 6.04 Å². The molecule has 0 aromatic heterocycles. The summed E-state index contributed by atoms with van der Waals surface area (Å²) < 4.78 is 42.3. The number of nitrogens with one attached hydrogen (secondary N) is 1. The maximum atomic E-state index is 12.4. The first-order valence-corrected chi connectivity index (χ1v) is 7.37. The minimum Gasteiger partial charge on any atom is -0.442 e. The molecule has 0 unspecified atom stereocenters. The molecule has 24 heavy (non-hydrogen) atoms. The predicted octanol–water partition coefficient (Wildman–Crippen LogP) is 2.40. The summed E-state index contributed by atoms with van der Waals surface area (Å²) in [7, 11) is 0. The van der Waals surface area contributed by atoms with Crippen LogP contribution in [0.1, 0.15) is 18.4 Å². The average Bonchev–Trinajstić information content (AvgIpc) is 2.58. The summed E-state index contributed by atoms with van der Waals surface area (Å²) in [6.07, 6.45) is -5.61. The van der Waals surface area contributed by atoms with Crippen LogP contribution in [0.2, 0.25) is 0 Å². The van der Waals surface area contributed by atoms with Gasteiger partial charge in [-0.2, -0.15) is 13.2 Å². The third-order valence-corrected chi connectivity index (χ3v) is 3.44. The van der Waals surface area contributed by atoms with E-state index in [0.717, 1.165) is 0 Å². The van der Waals surface area contributed by atoms with Gasteiger partial charge in [0.15, 0.2) is 0 Å². The van der Waals surface area contributed by atoms with E-state index < -0.39 is 24.3 Å². The normalized spacial score (nSPS) is 15.6. The zero-order chi connectivity index (χ0) is 17.6. The van der Waals surface area contributed by atoms with E-state index in [0.29, 0.717) is 36.6 Å². The highest BCUT2D eigenvalue weighted by atomic mass is 19.4. The molecule has 1 amide bonds. The number of ether oxygens (including phenoxy) is 1. The molecule has 1 saturated heterocycles. The minimum absolute atomic E-state index is 0.134. The molecule has 0 atom stereocenters. The number of rotatable bonds is 3. The van der Waals surface area contributed by atoms with Gasteiger partial charge in [-0.1, -0.05) is 30.3 Å². The lowest BCUT2D eigenvalue weighted by atomic mass is 10.1. The standard InChI is InChI=1S/C15H17F3N2O4/c16-15(17,18)13(21)24-20(12-6-8-19-9-7-12)14(22)23-10-11-4-2-1-3-5-11/h1-5,12,19H,6-10H2. The van der Waals surface area contributed by atoms with Crippen molar-refractivity contribution in [3.05, 3.63) is 35.9 Å². The highest BCUT2D eigenvalue weighted by molar-refractivity contribution is 5.77. The SMILES string of the molecule is O=C(OCc1ccccc1)N(OC(=O)C(F)(F)F)C1CCNCC1. The Hall–Kier alpha value is -2.29. The van der Waals surface area contributed by atoms with Gasteiger partial charge in [-0.3, -0.25) is 0 Å². The van der Waals surface area contributed by atoms with E-state index in [1.807, 2.05) is 0 Å². The smallest absolute Gasteiger partial charge is 0.442 e. The molecule has 1 N–H and O–H groups in total. The van der Waals surface area contributed by atoms with Gasteiger partial charge in [-0.05, 0) is 31.5 Å². The number of hydroxylamine groups is 2. The molecule has 0 saturated carbocycles. The molecule has 132 valence electrons. The van der Waals surface area contributed by atoms with E-state index >= 15 is 0 Å². The van der Waals surface area contributed by atoms with E-state index in [1.54, 1.807) is 30.3 Å². The minimum atomic E-state index is -5.19. The van der Waals surface area contributed by atoms with E-state index in [-0.39, 0.29) is 6.61 Å². The fourth-order valence-electron chi connectivity index (χ4n) is 2.23. The van der Waals surface area contributed by atoms with E-state index in [4.69, 9.17) is 4.74 Å². The second-order valence-electron chi connectivity index (χ2n) is 5.22. The van der Waals surface area contributed by atoms with Gasteiger partial charge in [-0.15, -0.1) is 5.06 Å². The lowest BCUT2D eigenvalue weighted by molar-refractivity contribution is -0.238. The molecule has 9 heteroatoms. The number of halogens is 3. The number of benzene rings is 1. The number of alkyl halides is 3. The first-order valence-electron chi connectivity index (χ1n) is 7.37. The molecule has 1 aromatic rings. The van der Waals surface area contributed by atoms with Crippen molar-refractivity contribution in [3.8, 4) is 0 Å². The first-order chi connectivity index (χ1) is 11.4. The summed E-state index contributed by atoms with van der Waals surface area (Å²) in [5, 5.41) is 3.41. The Balaban J connectivity index is 2.03. The van der Waals surface area contributed by atoms with Gasteiger partial charge in [0.2, 0.25) is 0 Å². The van der Waals surface area contributed by atoms with Crippen LogP contribution in [0.25, 0.3) is 0 Å². The van der Waals surface area contributed by atoms with Gasteiger partial charge >= 0.3 is 18.2 Å². The van der Waals surface area contributed by atoms with Crippen LogP contribution in [0.5, 0.6) is 0 Å². The molecular formula is C15H17F3N2O4. The van der Waals surface area contributed by atoms with E-state index in [2.05, 4.69) is 10.2 Å². The molecule has 1 fully saturated rings. The second kappa shape index (κ2) is 8.00. The third-order valence-electron chi connectivity index (χ3n) is 3.44. The molecule has 0 aliphatic carbocycles. The van der Waals surface area contributed by atoms with Crippen molar-refractivity contribution >= 4 is 12.1 Å². The molecule has 1 aliphatic heterocycles.